The summed E-state index contributed by atoms with van der Waals surface area (Å²) in [5.41, 5.74) is 8.20. The van der Waals surface area contributed by atoms with Crippen molar-refractivity contribution < 1.29 is 4.79 Å². The van der Waals surface area contributed by atoms with E-state index in [9.17, 15) is 4.79 Å². The fraction of sp³-hybridized carbons (Fsp3) is 0.188. The first-order valence-electron chi connectivity index (χ1n) is 6.44. The number of carbonyl (C=O) groups excluding carboxylic acids is 1. The van der Waals surface area contributed by atoms with Crippen LogP contribution in [0.1, 0.15) is 24.0 Å². The van der Waals surface area contributed by atoms with Gasteiger partial charge in [0.1, 0.15) is 0 Å². The Kier molecular flexibility index (Phi) is 4.64. The number of halogens is 1. The van der Waals surface area contributed by atoms with Gasteiger partial charge in [0.15, 0.2) is 0 Å². The number of anilines is 1. The molecule has 104 valence electrons. The summed E-state index contributed by atoms with van der Waals surface area (Å²) >= 11 is 6.06. The first-order valence-corrected chi connectivity index (χ1v) is 6.82. The zero-order valence-corrected chi connectivity index (χ0v) is 12.0. The maximum atomic E-state index is 12.1. The van der Waals surface area contributed by atoms with Gasteiger partial charge in [-0.2, -0.15) is 0 Å². The minimum atomic E-state index is -0.249. The molecule has 0 fully saturated rings. The molecule has 0 heterocycles. The van der Waals surface area contributed by atoms with E-state index in [1.807, 2.05) is 49.4 Å². The van der Waals surface area contributed by atoms with Gasteiger partial charge in [-0.3, -0.25) is 4.79 Å². The van der Waals surface area contributed by atoms with Gasteiger partial charge in [-0.05, 0) is 36.2 Å². The van der Waals surface area contributed by atoms with Crippen LogP contribution in [0.25, 0.3) is 0 Å². The second kappa shape index (κ2) is 6.44. The van der Waals surface area contributed by atoms with Crippen molar-refractivity contribution in [1.29, 1.82) is 0 Å². The average molecular weight is 289 g/mol. The lowest BCUT2D eigenvalue weighted by Gasteiger charge is -2.13. The first-order chi connectivity index (χ1) is 9.58. The van der Waals surface area contributed by atoms with Gasteiger partial charge in [0.25, 0.3) is 0 Å². The number of nitrogens with two attached hydrogens (primary N) is 1. The van der Waals surface area contributed by atoms with Gasteiger partial charge in [-0.15, -0.1) is 0 Å². The van der Waals surface area contributed by atoms with Gasteiger partial charge >= 0.3 is 0 Å². The maximum absolute atomic E-state index is 12.1. The smallest absolute Gasteiger partial charge is 0.227 e. The van der Waals surface area contributed by atoms with E-state index in [-0.39, 0.29) is 11.8 Å². The molecule has 0 aliphatic heterocycles. The molecule has 1 unspecified atom stereocenters. The zero-order valence-electron chi connectivity index (χ0n) is 11.3. The Labute approximate surface area is 123 Å². The molecular formula is C16H17ClN2O. The monoisotopic (exact) mass is 288 g/mol. The minimum Gasteiger partial charge on any atom is -0.399 e. The van der Waals surface area contributed by atoms with Crippen molar-refractivity contribution in [3.63, 3.8) is 0 Å². The molecule has 2 aromatic carbocycles. The van der Waals surface area contributed by atoms with E-state index in [4.69, 9.17) is 17.3 Å². The average Bonchev–Trinajstić information content (AvgIpc) is 2.45. The van der Waals surface area contributed by atoms with Gasteiger partial charge in [-0.25, -0.2) is 0 Å². The molecule has 20 heavy (non-hydrogen) atoms. The van der Waals surface area contributed by atoms with Crippen molar-refractivity contribution >= 4 is 23.2 Å². The van der Waals surface area contributed by atoms with Crippen LogP contribution in [0.5, 0.6) is 0 Å². The van der Waals surface area contributed by atoms with Gasteiger partial charge in [0, 0.05) is 17.3 Å². The van der Waals surface area contributed by atoms with Gasteiger partial charge in [0.2, 0.25) is 5.91 Å². The van der Waals surface area contributed by atoms with Crippen LogP contribution in [-0.4, -0.2) is 5.91 Å². The summed E-state index contributed by atoms with van der Waals surface area (Å²) in [4.78, 5) is 12.1. The molecule has 3 N–H and O–H groups in total. The van der Waals surface area contributed by atoms with Crippen LogP contribution in [0.4, 0.5) is 5.69 Å². The van der Waals surface area contributed by atoms with Crippen molar-refractivity contribution in [2.45, 2.75) is 19.4 Å². The number of benzene rings is 2. The predicted molar refractivity (Wildman–Crippen MR) is 82.6 cm³/mol. The van der Waals surface area contributed by atoms with Crippen molar-refractivity contribution in [3.05, 3.63) is 64.7 Å². The number of amides is 1. The molecule has 0 aliphatic rings. The second-order valence-electron chi connectivity index (χ2n) is 4.70. The van der Waals surface area contributed by atoms with Crippen LogP contribution in [0, 0.1) is 0 Å². The normalized spacial score (nSPS) is 11.9. The largest absolute Gasteiger partial charge is 0.399 e. The molecule has 0 aromatic heterocycles. The molecule has 0 spiro atoms. The number of rotatable bonds is 4. The third-order valence-corrected chi connectivity index (χ3v) is 3.58. The van der Waals surface area contributed by atoms with E-state index < -0.39 is 0 Å². The zero-order chi connectivity index (χ0) is 14.5. The van der Waals surface area contributed by atoms with E-state index >= 15 is 0 Å². The van der Waals surface area contributed by atoms with E-state index in [0.29, 0.717) is 17.3 Å². The molecule has 0 bridgehead atoms. The van der Waals surface area contributed by atoms with Gasteiger partial charge in [0.05, 0.1) is 5.92 Å². The van der Waals surface area contributed by atoms with Gasteiger partial charge in [-0.1, -0.05) is 41.9 Å². The molecule has 0 aliphatic carbocycles. The Morgan fingerprint density at radius 3 is 2.70 bits per heavy atom. The molecule has 3 nitrogen and oxygen atoms in total. The van der Waals surface area contributed by atoms with Crippen LogP contribution >= 0.6 is 11.6 Å². The fourth-order valence-corrected chi connectivity index (χ4v) is 2.16. The number of carbonyl (C=O) groups is 1. The Morgan fingerprint density at radius 1 is 1.25 bits per heavy atom. The van der Waals surface area contributed by atoms with Gasteiger partial charge < -0.3 is 11.1 Å². The van der Waals surface area contributed by atoms with Crippen molar-refractivity contribution in [2.75, 3.05) is 5.73 Å². The van der Waals surface area contributed by atoms with Crippen LogP contribution in [-0.2, 0) is 11.3 Å². The lowest BCUT2D eigenvalue weighted by molar-refractivity contribution is -0.122. The van der Waals surface area contributed by atoms with Crippen LogP contribution in [0.2, 0.25) is 5.02 Å². The Hall–Kier alpha value is -2.00. The molecular weight excluding hydrogens is 272 g/mol. The summed E-state index contributed by atoms with van der Waals surface area (Å²) in [6.45, 7) is 2.28. The summed E-state index contributed by atoms with van der Waals surface area (Å²) in [5, 5.41) is 3.55. The molecule has 2 rings (SSSR count). The summed E-state index contributed by atoms with van der Waals surface area (Å²) in [6.07, 6.45) is 0. The fourth-order valence-electron chi connectivity index (χ4n) is 1.96. The Balaban J connectivity index is 2.00. The van der Waals surface area contributed by atoms with Crippen molar-refractivity contribution in [3.8, 4) is 0 Å². The minimum absolute atomic E-state index is 0.0458. The summed E-state index contributed by atoms with van der Waals surface area (Å²) < 4.78 is 0. The molecule has 1 atom stereocenters. The topological polar surface area (TPSA) is 55.1 Å². The lowest BCUT2D eigenvalue weighted by atomic mass is 10.00. The molecule has 0 radical (unpaired) electrons. The van der Waals surface area contributed by atoms with Crippen molar-refractivity contribution in [1.82, 2.24) is 5.32 Å². The van der Waals surface area contributed by atoms with E-state index in [1.54, 1.807) is 6.07 Å². The summed E-state index contributed by atoms with van der Waals surface area (Å²) in [6, 6.07) is 14.8. The quantitative estimate of drug-likeness (QED) is 0.848. The van der Waals surface area contributed by atoms with Crippen LogP contribution in [0.15, 0.2) is 48.5 Å². The standard InChI is InChI=1S/C16H17ClN2O/c1-11(12-6-4-7-14(18)9-12)16(20)19-10-13-5-2-3-8-15(13)17/h2-9,11H,10,18H2,1H3,(H,19,20). The molecule has 0 saturated carbocycles. The number of hydrogen-bond donors (Lipinski definition) is 2. The highest BCUT2D eigenvalue weighted by Gasteiger charge is 2.15. The summed E-state index contributed by atoms with van der Waals surface area (Å²) in [5.74, 6) is -0.295. The highest BCUT2D eigenvalue weighted by atomic mass is 35.5. The molecule has 0 saturated heterocycles. The highest BCUT2D eigenvalue weighted by molar-refractivity contribution is 6.31. The number of hydrogen-bond acceptors (Lipinski definition) is 2. The van der Waals surface area contributed by atoms with E-state index in [2.05, 4.69) is 5.32 Å². The third kappa shape index (κ3) is 3.52. The Bertz CT molecular complexity index is 613. The predicted octanol–water partition coefficient (Wildman–Crippen LogP) is 3.34. The highest BCUT2D eigenvalue weighted by Crippen LogP contribution is 2.19. The SMILES string of the molecule is CC(C(=O)NCc1ccccc1Cl)c1cccc(N)c1. The van der Waals surface area contributed by atoms with Crippen molar-refractivity contribution in [2.24, 2.45) is 0 Å². The summed E-state index contributed by atoms with van der Waals surface area (Å²) in [7, 11) is 0. The van der Waals surface area contributed by atoms with E-state index in [1.165, 1.54) is 0 Å². The molecule has 2 aromatic rings. The molecule has 1 amide bonds. The second-order valence-corrected chi connectivity index (χ2v) is 5.11. The first kappa shape index (κ1) is 14.4. The van der Waals surface area contributed by atoms with Crippen LogP contribution < -0.4 is 11.1 Å². The number of nitrogens with one attached hydrogen (secondary N) is 1. The Morgan fingerprint density at radius 2 is 2.00 bits per heavy atom. The van der Waals surface area contributed by atoms with Crippen LogP contribution in [0.3, 0.4) is 0 Å². The lowest BCUT2D eigenvalue weighted by Crippen LogP contribution is -2.27. The number of nitrogen functional groups attached to an aromatic ring is 1. The van der Waals surface area contributed by atoms with E-state index in [0.717, 1.165) is 11.1 Å². The third-order valence-electron chi connectivity index (χ3n) is 3.21. The maximum Gasteiger partial charge on any atom is 0.227 e. The molecule has 4 heteroatoms.